The lowest BCUT2D eigenvalue weighted by molar-refractivity contribution is -0.145. The monoisotopic (exact) mass is 392 g/mol. The molecular weight excluding hydrogens is 360 g/mol. The Morgan fingerprint density at radius 2 is 1.82 bits per heavy atom. The summed E-state index contributed by atoms with van der Waals surface area (Å²) in [6.45, 7) is 5.95. The van der Waals surface area contributed by atoms with Crippen LogP contribution in [0.4, 0.5) is 4.79 Å². The molecule has 2 amide bonds. The van der Waals surface area contributed by atoms with Gasteiger partial charge in [0.1, 0.15) is 11.2 Å². The van der Waals surface area contributed by atoms with Crippen molar-refractivity contribution in [3.63, 3.8) is 0 Å². The molecule has 0 spiro atoms. The van der Waals surface area contributed by atoms with Crippen molar-refractivity contribution in [2.45, 2.75) is 63.7 Å². The third kappa shape index (κ3) is 6.21. The van der Waals surface area contributed by atoms with Crippen molar-refractivity contribution >= 4 is 12.0 Å². The molecule has 1 fully saturated rings. The van der Waals surface area contributed by atoms with Crippen molar-refractivity contribution in [2.24, 2.45) is 0 Å². The molecule has 0 unspecified atom stereocenters. The maximum absolute atomic E-state index is 12.8. The number of rotatable bonds is 6. The summed E-state index contributed by atoms with van der Waals surface area (Å²) >= 11 is 0. The number of hydrogen-bond donors (Lipinski definition) is 3. The van der Waals surface area contributed by atoms with Gasteiger partial charge in [-0.3, -0.25) is 4.79 Å². The van der Waals surface area contributed by atoms with Crippen LogP contribution < -0.4 is 5.32 Å². The Balaban J connectivity index is 1.98. The Kier molecular flexibility index (Phi) is 7.43. The molecule has 1 aliphatic heterocycles. The smallest absolute Gasteiger partial charge is 0.410 e. The van der Waals surface area contributed by atoms with E-state index in [0.29, 0.717) is 12.8 Å². The van der Waals surface area contributed by atoms with Crippen LogP contribution in [0.25, 0.3) is 0 Å². The highest BCUT2D eigenvalue weighted by Crippen LogP contribution is 2.26. The van der Waals surface area contributed by atoms with Crippen LogP contribution in [0.2, 0.25) is 0 Å². The second-order valence-electron chi connectivity index (χ2n) is 8.30. The standard InChI is InChI=1S/C21H32N2O5/c1-20(2,3)28-19(26)23-13-11-21(27,12-14-23)18(25)22-17(10-7-15-24)16-8-5-4-6-9-16/h4-6,8-9,17,24,27H,7,10-15H2,1-3H3,(H,22,25)/t17-/m0/s1. The number of carbonyl (C=O) groups is 2. The normalized spacial score (nSPS) is 17.7. The minimum atomic E-state index is -1.52. The largest absolute Gasteiger partial charge is 0.444 e. The van der Waals surface area contributed by atoms with Gasteiger partial charge in [0, 0.05) is 32.5 Å². The van der Waals surface area contributed by atoms with Crippen LogP contribution in [-0.2, 0) is 9.53 Å². The number of piperidine rings is 1. The molecule has 1 aromatic carbocycles. The van der Waals surface area contributed by atoms with Crippen molar-refractivity contribution in [3.8, 4) is 0 Å². The summed E-state index contributed by atoms with van der Waals surface area (Å²) in [4.78, 5) is 26.5. The number of carbonyl (C=O) groups excluding carboxylic acids is 2. The molecule has 7 nitrogen and oxygen atoms in total. The summed E-state index contributed by atoms with van der Waals surface area (Å²) in [5.41, 5.74) is -1.18. The number of nitrogens with one attached hydrogen (secondary N) is 1. The molecule has 1 aromatic rings. The number of hydrogen-bond acceptors (Lipinski definition) is 5. The van der Waals surface area contributed by atoms with Crippen LogP contribution in [0.15, 0.2) is 30.3 Å². The van der Waals surface area contributed by atoms with Gasteiger partial charge in [0.05, 0.1) is 6.04 Å². The molecule has 1 aliphatic rings. The van der Waals surface area contributed by atoms with E-state index < -0.39 is 23.2 Å². The fourth-order valence-electron chi connectivity index (χ4n) is 3.21. The number of nitrogens with zero attached hydrogens (tertiary/aromatic N) is 1. The second kappa shape index (κ2) is 9.39. The maximum atomic E-state index is 12.8. The molecule has 1 atom stereocenters. The van der Waals surface area contributed by atoms with Gasteiger partial charge in [-0.25, -0.2) is 4.79 Å². The van der Waals surface area contributed by atoms with Gasteiger partial charge in [0.15, 0.2) is 0 Å². The Morgan fingerprint density at radius 3 is 2.36 bits per heavy atom. The van der Waals surface area contributed by atoms with E-state index in [0.717, 1.165) is 5.56 Å². The van der Waals surface area contributed by atoms with Gasteiger partial charge in [-0.1, -0.05) is 30.3 Å². The average Bonchev–Trinajstić information content (AvgIpc) is 2.64. The number of benzene rings is 1. The highest BCUT2D eigenvalue weighted by molar-refractivity contribution is 5.85. The van der Waals surface area contributed by atoms with Gasteiger partial charge in [0.25, 0.3) is 5.91 Å². The third-order valence-electron chi connectivity index (χ3n) is 4.82. The van der Waals surface area contributed by atoms with Gasteiger partial charge in [0.2, 0.25) is 0 Å². The van der Waals surface area contributed by atoms with Gasteiger partial charge in [-0.2, -0.15) is 0 Å². The third-order valence-corrected chi connectivity index (χ3v) is 4.82. The molecule has 2 rings (SSSR count). The van der Waals surface area contributed by atoms with E-state index in [-0.39, 0.29) is 38.6 Å². The lowest BCUT2D eigenvalue weighted by Crippen LogP contribution is -2.55. The minimum absolute atomic E-state index is 0.0360. The second-order valence-corrected chi connectivity index (χ2v) is 8.30. The van der Waals surface area contributed by atoms with Gasteiger partial charge >= 0.3 is 6.09 Å². The first-order chi connectivity index (χ1) is 13.1. The number of aliphatic hydroxyl groups is 2. The zero-order valence-electron chi connectivity index (χ0n) is 17.0. The Bertz CT molecular complexity index is 649. The van der Waals surface area contributed by atoms with E-state index in [9.17, 15) is 14.7 Å². The van der Waals surface area contributed by atoms with E-state index in [4.69, 9.17) is 9.84 Å². The van der Waals surface area contributed by atoms with Gasteiger partial charge in [-0.15, -0.1) is 0 Å². The lowest BCUT2D eigenvalue weighted by Gasteiger charge is -2.38. The predicted octanol–water partition coefficient (Wildman–Crippen LogP) is 2.38. The highest BCUT2D eigenvalue weighted by atomic mass is 16.6. The molecule has 1 heterocycles. The van der Waals surface area contributed by atoms with Crippen molar-refractivity contribution in [3.05, 3.63) is 35.9 Å². The average molecular weight is 392 g/mol. The van der Waals surface area contributed by atoms with E-state index in [1.807, 2.05) is 30.3 Å². The Hall–Kier alpha value is -2.12. The molecule has 0 aliphatic carbocycles. The molecule has 0 bridgehead atoms. The lowest BCUT2D eigenvalue weighted by atomic mass is 9.89. The molecule has 7 heteroatoms. The van der Waals surface area contributed by atoms with Crippen LogP contribution in [0.1, 0.15) is 58.1 Å². The molecule has 0 radical (unpaired) electrons. The Labute approximate surface area is 166 Å². The van der Waals surface area contributed by atoms with Crippen molar-refractivity contribution < 1.29 is 24.5 Å². The minimum Gasteiger partial charge on any atom is -0.444 e. The molecule has 0 aromatic heterocycles. The number of amides is 2. The summed E-state index contributed by atoms with van der Waals surface area (Å²) in [6.07, 6.45) is 0.996. The topological polar surface area (TPSA) is 99.1 Å². The zero-order valence-corrected chi connectivity index (χ0v) is 17.0. The fourth-order valence-corrected chi connectivity index (χ4v) is 3.21. The van der Waals surface area contributed by atoms with Crippen LogP contribution in [0.5, 0.6) is 0 Å². The SMILES string of the molecule is CC(C)(C)OC(=O)N1CCC(O)(C(=O)N[C@@H](CCCO)c2ccccc2)CC1. The fraction of sp³-hybridized carbons (Fsp3) is 0.619. The molecule has 0 saturated carbocycles. The summed E-state index contributed by atoms with van der Waals surface area (Å²) in [5.74, 6) is -0.442. The first-order valence-corrected chi connectivity index (χ1v) is 9.82. The van der Waals surface area contributed by atoms with E-state index in [2.05, 4.69) is 5.32 Å². The van der Waals surface area contributed by atoms with Crippen molar-refractivity contribution in [1.29, 1.82) is 0 Å². The molecule has 3 N–H and O–H groups in total. The summed E-state index contributed by atoms with van der Waals surface area (Å²) in [6, 6.07) is 9.22. The van der Waals surface area contributed by atoms with Crippen LogP contribution >= 0.6 is 0 Å². The number of ether oxygens (including phenoxy) is 1. The number of aliphatic hydroxyl groups excluding tert-OH is 1. The summed E-state index contributed by atoms with van der Waals surface area (Å²) < 4.78 is 5.35. The first kappa shape index (κ1) is 22.2. The first-order valence-electron chi connectivity index (χ1n) is 9.82. The quantitative estimate of drug-likeness (QED) is 0.690. The van der Waals surface area contributed by atoms with E-state index in [1.54, 1.807) is 20.8 Å². The molecule has 1 saturated heterocycles. The van der Waals surface area contributed by atoms with Crippen LogP contribution in [0, 0.1) is 0 Å². The zero-order chi connectivity index (χ0) is 20.8. The predicted molar refractivity (Wildman–Crippen MR) is 106 cm³/mol. The maximum Gasteiger partial charge on any atom is 0.410 e. The molecule has 156 valence electrons. The highest BCUT2D eigenvalue weighted by Gasteiger charge is 2.41. The van der Waals surface area contributed by atoms with E-state index in [1.165, 1.54) is 4.90 Å². The number of likely N-dealkylation sites (tertiary alicyclic amines) is 1. The van der Waals surface area contributed by atoms with Crippen LogP contribution in [-0.4, -0.2) is 58.0 Å². The molecular formula is C21H32N2O5. The van der Waals surface area contributed by atoms with Crippen molar-refractivity contribution in [2.75, 3.05) is 19.7 Å². The summed E-state index contributed by atoms with van der Waals surface area (Å²) in [7, 11) is 0. The van der Waals surface area contributed by atoms with Crippen molar-refractivity contribution in [1.82, 2.24) is 10.2 Å². The van der Waals surface area contributed by atoms with Gasteiger partial charge in [-0.05, 0) is 39.2 Å². The van der Waals surface area contributed by atoms with E-state index >= 15 is 0 Å². The Morgan fingerprint density at radius 1 is 1.21 bits per heavy atom. The van der Waals surface area contributed by atoms with Crippen LogP contribution in [0.3, 0.4) is 0 Å². The van der Waals surface area contributed by atoms with Gasteiger partial charge < -0.3 is 25.2 Å². The summed E-state index contributed by atoms with van der Waals surface area (Å²) in [5, 5.41) is 22.9. The molecule has 28 heavy (non-hydrogen) atoms.